The lowest BCUT2D eigenvalue weighted by molar-refractivity contribution is -0.155. The lowest BCUT2D eigenvalue weighted by atomic mass is 9.71. The number of carbonyl (C=O) groups is 1. The maximum absolute atomic E-state index is 12.0. The predicted molar refractivity (Wildman–Crippen MR) is 69.1 cm³/mol. The van der Waals surface area contributed by atoms with Gasteiger partial charge >= 0.3 is 5.97 Å². The van der Waals surface area contributed by atoms with Crippen molar-refractivity contribution < 1.29 is 14.6 Å². The second kappa shape index (κ2) is 5.17. The molecule has 104 valence electrons. The van der Waals surface area contributed by atoms with Crippen molar-refractivity contribution in [3.63, 3.8) is 0 Å². The van der Waals surface area contributed by atoms with Crippen LogP contribution in [0, 0.1) is 11.3 Å². The van der Waals surface area contributed by atoms with Gasteiger partial charge in [0.15, 0.2) is 0 Å². The molecule has 0 spiro atoms. The van der Waals surface area contributed by atoms with Gasteiger partial charge in [-0.2, -0.15) is 0 Å². The Bertz CT molecular complexity index is 316. The fourth-order valence-corrected chi connectivity index (χ4v) is 3.49. The van der Waals surface area contributed by atoms with Crippen molar-refractivity contribution in [2.45, 2.75) is 64.7 Å². The number of hydrogen-bond acceptors (Lipinski definition) is 4. The molecule has 4 atom stereocenters. The standard InChI is InChI=1S/C14H25NO3/c1-9-4-11(7-14(2,3)6-9)18-13(17)12-5-10(16)8-15-12/h9-12,15-16H,4-8H2,1-3H3/t9?,10-,11?,12-/m0/s1. The number of hydrogen-bond donors (Lipinski definition) is 2. The smallest absolute Gasteiger partial charge is 0.323 e. The summed E-state index contributed by atoms with van der Waals surface area (Å²) in [7, 11) is 0. The van der Waals surface area contributed by atoms with E-state index in [4.69, 9.17) is 4.74 Å². The van der Waals surface area contributed by atoms with Crippen LogP contribution in [-0.4, -0.2) is 35.9 Å². The molecule has 0 aromatic carbocycles. The highest BCUT2D eigenvalue weighted by Crippen LogP contribution is 2.39. The molecular formula is C14H25NO3. The minimum Gasteiger partial charge on any atom is -0.461 e. The molecule has 2 N–H and O–H groups in total. The van der Waals surface area contributed by atoms with Gasteiger partial charge in [-0.3, -0.25) is 4.79 Å². The summed E-state index contributed by atoms with van der Waals surface area (Å²) in [6.07, 6.45) is 3.20. The molecule has 0 bridgehead atoms. The van der Waals surface area contributed by atoms with Crippen molar-refractivity contribution in [3.8, 4) is 0 Å². The maximum Gasteiger partial charge on any atom is 0.323 e. The van der Waals surface area contributed by atoms with E-state index in [1.165, 1.54) is 6.42 Å². The lowest BCUT2D eigenvalue weighted by Crippen LogP contribution is -2.39. The van der Waals surface area contributed by atoms with E-state index in [1.54, 1.807) is 0 Å². The average Bonchev–Trinajstić information content (AvgIpc) is 2.61. The number of aliphatic hydroxyl groups excluding tert-OH is 1. The van der Waals surface area contributed by atoms with Gasteiger partial charge in [0.1, 0.15) is 12.1 Å². The van der Waals surface area contributed by atoms with E-state index in [0.29, 0.717) is 18.9 Å². The van der Waals surface area contributed by atoms with Gasteiger partial charge in [-0.1, -0.05) is 20.8 Å². The van der Waals surface area contributed by atoms with Crippen LogP contribution in [0.3, 0.4) is 0 Å². The Kier molecular flexibility index (Phi) is 3.97. The van der Waals surface area contributed by atoms with Gasteiger partial charge in [0.25, 0.3) is 0 Å². The van der Waals surface area contributed by atoms with Crippen LogP contribution in [0.2, 0.25) is 0 Å². The van der Waals surface area contributed by atoms with Crippen molar-refractivity contribution in [3.05, 3.63) is 0 Å². The number of ether oxygens (including phenoxy) is 1. The molecule has 2 rings (SSSR count). The summed E-state index contributed by atoms with van der Waals surface area (Å²) in [6.45, 7) is 7.19. The number of aliphatic hydroxyl groups is 1. The molecule has 1 saturated carbocycles. The first-order chi connectivity index (χ1) is 8.35. The second-order valence-corrected chi connectivity index (χ2v) is 6.82. The van der Waals surface area contributed by atoms with Gasteiger partial charge < -0.3 is 15.2 Å². The molecule has 0 aromatic heterocycles. The Morgan fingerprint density at radius 3 is 2.61 bits per heavy atom. The van der Waals surface area contributed by atoms with Gasteiger partial charge in [0.05, 0.1) is 6.10 Å². The van der Waals surface area contributed by atoms with Crippen LogP contribution in [0.1, 0.15) is 46.5 Å². The maximum atomic E-state index is 12.0. The highest BCUT2D eigenvalue weighted by atomic mass is 16.5. The Balaban J connectivity index is 1.87. The van der Waals surface area contributed by atoms with Gasteiger partial charge in [0.2, 0.25) is 0 Å². The lowest BCUT2D eigenvalue weighted by Gasteiger charge is -2.38. The number of β-amino-alcohol motifs (C(OH)–C–C–N with tert-alkyl or cyclic N) is 1. The van der Waals surface area contributed by atoms with Gasteiger partial charge in [0, 0.05) is 13.0 Å². The van der Waals surface area contributed by atoms with E-state index in [-0.39, 0.29) is 23.5 Å². The molecule has 0 amide bonds. The predicted octanol–water partition coefficient (Wildman–Crippen LogP) is 1.47. The Labute approximate surface area is 109 Å². The van der Waals surface area contributed by atoms with Crippen molar-refractivity contribution in [1.82, 2.24) is 5.32 Å². The number of carbonyl (C=O) groups excluding carboxylic acids is 1. The minimum absolute atomic E-state index is 0.0378. The zero-order chi connectivity index (χ0) is 13.3. The highest BCUT2D eigenvalue weighted by molar-refractivity contribution is 5.76. The first-order valence-electron chi connectivity index (χ1n) is 6.98. The van der Waals surface area contributed by atoms with E-state index in [0.717, 1.165) is 12.8 Å². The van der Waals surface area contributed by atoms with E-state index in [2.05, 4.69) is 26.1 Å². The first-order valence-corrected chi connectivity index (χ1v) is 6.98. The van der Waals surface area contributed by atoms with Gasteiger partial charge in [-0.15, -0.1) is 0 Å². The molecule has 0 aromatic rings. The third-order valence-corrected chi connectivity index (χ3v) is 4.02. The normalized spacial score (nSPS) is 39.6. The SMILES string of the molecule is CC1CC(OC(=O)[C@@H]2C[C@H](O)CN2)CC(C)(C)C1. The molecule has 1 aliphatic heterocycles. The minimum atomic E-state index is -0.413. The van der Waals surface area contributed by atoms with Crippen LogP contribution in [0.5, 0.6) is 0 Å². The second-order valence-electron chi connectivity index (χ2n) is 6.82. The summed E-state index contributed by atoms with van der Waals surface area (Å²) >= 11 is 0. The zero-order valence-electron chi connectivity index (χ0n) is 11.6. The Morgan fingerprint density at radius 2 is 2.06 bits per heavy atom. The fourth-order valence-electron chi connectivity index (χ4n) is 3.49. The zero-order valence-corrected chi connectivity index (χ0v) is 11.6. The Morgan fingerprint density at radius 1 is 1.33 bits per heavy atom. The van der Waals surface area contributed by atoms with E-state index in [9.17, 15) is 9.90 Å². The fraction of sp³-hybridized carbons (Fsp3) is 0.929. The molecule has 1 saturated heterocycles. The van der Waals surface area contributed by atoms with Crippen LogP contribution >= 0.6 is 0 Å². The summed E-state index contributed by atoms with van der Waals surface area (Å²) in [5, 5.41) is 12.4. The van der Waals surface area contributed by atoms with E-state index < -0.39 is 6.10 Å². The van der Waals surface area contributed by atoms with Crippen molar-refractivity contribution in [2.75, 3.05) is 6.54 Å². The van der Waals surface area contributed by atoms with Crippen LogP contribution < -0.4 is 5.32 Å². The topological polar surface area (TPSA) is 58.6 Å². The van der Waals surface area contributed by atoms with E-state index >= 15 is 0 Å². The molecule has 1 heterocycles. The molecule has 2 fully saturated rings. The van der Waals surface area contributed by atoms with Crippen molar-refractivity contribution in [1.29, 1.82) is 0 Å². The third-order valence-electron chi connectivity index (χ3n) is 4.02. The third kappa shape index (κ3) is 3.45. The monoisotopic (exact) mass is 255 g/mol. The number of nitrogens with one attached hydrogen (secondary N) is 1. The van der Waals surface area contributed by atoms with Gasteiger partial charge in [-0.05, 0) is 30.6 Å². The molecule has 1 aliphatic carbocycles. The quantitative estimate of drug-likeness (QED) is 0.734. The van der Waals surface area contributed by atoms with Crippen LogP contribution in [0.25, 0.3) is 0 Å². The molecule has 0 radical (unpaired) electrons. The highest BCUT2D eigenvalue weighted by Gasteiger charge is 2.36. The molecule has 2 aliphatic rings. The van der Waals surface area contributed by atoms with Crippen LogP contribution in [0.15, 0.2) is 0 Å². The summed E-state index contributed by atoms with van der Waals surface area (Å²) < 4.78 is 5.62. The molecule has 18 heavy (non-hydrogen) atoms. The van der Waals surface area contributed by atoms with Crippen molar-refractivity contribution in [2.24, 2.45) is 11.3 Å². The molecule has 4 heteroatoms. The van der Waals surface area contributed by atoms with E-state index in [1.807, 2.05) is 0 Å². The summed E-state index contributed by atoms with van der Waals surface area (Å²) in [4.78, 5) is 12.0. The van der Waals surface area contributed by atoms with Crippen molar-refractivity contribution >= 4 is 5.97 Å². The molecular weight excluding hydrogens is 230 g/mol. The van der Waals surface area contributed by atoms with Crippen LogP contribution in [0.4, 0.5) is 0 Å². The van der Waals surface area contributed by atoms with Crippen LogP contribution in [-0.2, 0) is 9.53 Å². The molecule has 4 nitrogen and oxygen atoms in total. The first kappa shape index (κ1) is 13.8. The Hall–Kier alpha value is -0.610. The number of esters is 1. The average molecular weight is 255 g/mol. The van der Waals surface area contributed by atoms with Gasteiger partial charge in [-0.25, -0.2) is 0 Å². The summed E-state index contributed by atoms with van der Waals surface area (Å²) in [5.41, 5.74) is 0.255. The molecule has 2 unspecified atom stereocenters. The summed E-state index contributed by atoms with van der Waals surface area (Å²) in [6, 6.07) is -0.319. The summed E-state index contributed by atoms with van der Waals surface area (Å²) in [5.74, 6) is 0.412. The largest absolute Gasteiger partial charge is 0.461 e. The number of rotatable bonds is 2.